The van der Waals surface area contributed by atoms with Crippen LogP contribution in [0.3, 0.4) is 0 Å². The van der Waals surface area contributed by atoms with Gasteiger partial charge in [-0.1, -0.05) is 17.7 Å². The molecular weight excluding hydrogens is 274 g/mol. The predicted octanol–water partition coefficient (Wildman–Crippen LogP) is 3.25. The Labute approximate surface area is 123 Å². The van der Waals surface area contributed by atoms with Gasteiger partial charge < -0.3 is 10.7 Å². The monoisotopic (exact) mass is 291 g/mol. The third kappa shape index (κ3) is 3.33. The average Bonchev–Trinajstić information content (AvgIpc) is 2.71. The molecule has 0 saturated carbocycles. The normalized spacial score (nSPS) is 10.4. The van der Waals surface area contributed by atoms with Crippen molar-refractivity contribution in [2.75, 3.05) is 17.3 Å². The van der Waals surface area contributed by atoms with E-state index in [9.17, 15) is 4.79 Å². The number of nitrogens with one attached hydrogen (secondary N) is 2. The molecule has 4 nitrogen and oxygen atoms in total. The van der Waals surface area contributed by atoms with Crippen molar-refractivity contribution >= 4 is 23.2 Å². The van der Waals surface area contributed by atoms with Crippen molar-refractivity contribution in [3.05, 3.63) is 52.3 Å². The van der Waals surface area contributed by atoms with Crippen molar-refractivity contribution in [3.63, 3.8) is 0 Å². The molecule has 5 heteroatoms. The van der Waals surface area contributed by atoms with E-state index in [1.54, 1.807) is 12.1 Å². The molecule has 20 heavy (non-hydrogen) atoms. The fraction of sp³-hybridized carbons (Fsp3) is 0.267. The number of halogens is 1. The predicted molar refractivity (Wildman–Crippen MR) is 83.0 cm³/mol. The van der Waals surface area contributed by atoms with Gasteiger partial charge in [-0.25, -0.2) is 0 Å². The van der Waals surface area contributed by atoms with Gasteiger partial charge in [0.05, 0.1) is 0 Å². The number of anilines is 1. The van der Waals surface area contributed by atoms with Crippen LogP contribution in [0.15, 0.2) is 30.3 Å². The topological polar surface area (TPSA) is 46.1 Å². The zero-order valence-electron chi connectivity index (χ0n) is 11.8. The molecule has 1 amide bonds. The van der Waals surface area contributed by atoms with Crippen molar-refractivity contribution < 1.29 is 4.79 Å². The van der Waals surface area contributed by atoms with E-state index in [4.69, 9.17) is 11.6 Å². The highest BCUT2D eigenvalue weighted by Gasteiger charge is 2.07. The summed E-state index contributed by atoms with van der Waals surface area (Å²) in [4.78, 5) is 12.0. The van der Waals surface area contributed by atoms with Crippen LogP contribution in [0, 0.1) is 20.8 Å². The van der Waals surface area contributed by atoms with Crippen LogP contribution in [-0.2, 0) is 4.79 Å². The molecule has 0 spiro atoms. The second kappa shape index (κ2) is 6.01. The molecule has 0 fully saturated rings. The lowest BCUT2D eigenvalue weighted by molar-refractivity contribution is -0.114. The molecular formula is C15H18ClN3O. The van der Waals surface area contributed by atoms with Crippen LogP contribution in [0.25, 0.3) is 0 Å². The highest BCUT2D eigenvalue weighted by Crippen LogP contribution is 2.19. The summed E-state index contributed by atoms with van der Waals surface area (Å²) in [5.41, 5.74) is 6.94. The largest absolute Gasteiger partial charge is 0.324 e. The number of hydrogen-bond donors (Lipinski definition) is 2. The molecule has 2 N–H and O–H groups in total. The van der Waals surface area contributed by atoms with E-state index in [0.29, 0.717) is 5.02 Å². The number of carbonyl (C=O) groups is 1. The van der Waals surface area contributed by atoms with E-state index in [2.05, 4.69) is 10.7 Å². The van der Waals surface area contributed by atoms with Crippen LogP contribution in [0.4, 0.5) is 5.69 Å². The minimum Gasteiger partial charge on any atom is -0.324 e. The second-order valence-corrected chi connectivity index (χ2v) is 5.23. The van der Waals surface area contributed by atoms with Crippen molar-refractivity contribution in [3.8, 4) is 0 Å². The molecule has 1 aromatic carbocycles. The molecule has 0 radical (unpaired) electrons. The number of aryl methyl sites for hydroxylation is 3. The third-order valence-electron chi connectivity index (χ3n) is 3.14. The summed E-state index contributed by atoms with van der Waals surface area (Å²) in [6, 6.07) is 9.44. The smallest absolute Gasteiger partial charge is 0.245 e. The lowest BCUT2D eigenvalue weighted by Gasteiger charge is -2.13. The number of nitrogens with zero attached hydrogens (tertiary/aromatic N) is 1. The molecule has 106 valence electrons. The van der Waals surface area contributed by atoms with Gasteiger partial charge in [0.2, 0.25) is 5.91 Å². The fourth-order valence-corrected chi connectivity index (χ4v) is 2.16. The molecule has 0 aliphatic rings. The van der Waals surface area contributed by atoms with Gasteiger partial charge in [0.25, 0.3) is 0 Å². The van der Waals surface area contributed by atoms with E-state index in [0.717, 1.165) is 22.6 Å². The maximum absolute atomic E-state index is 12.0. The molecule has 0 aliphatic heterocycles. The number of aromatic nitrogens is 1. The summed E-state index contributed by atoms with van der Waals surface area (Å²) >= 11 is 5.93. The van der Waals surface area contributed by atoms with Gasteiger partial charge in [-0.2, -0.15) is 0 Å². The standard InChI is InChI=1S/C15H18ClN3O/c1-10-4-7-13(16)8-14(10)18-15(20)9-17-19-11(2)5-6-12(19)3/h4-8,17H,9H2,1-3H3,(H,18,20). The van der Waals surface area contributed by atoms with Gasteiger partial charge in [-0.3, -0.25) is 9.47 Å². The van der Waals surface area contributed by atoms with Crippen LogP contribution >= 0.6 is 11.6 Å². The Morgan fingerprint density at radius 1 is 1.15 bits per heavy atom. The van der Waals surface area contributed by atoms with Gasteiger partial charge in [-0.05, 0) is 50.6 Å². The molecule has 0 atom stereocenters. The van der Waals surface area contributed by atoms with Crippen LogP contribution in [0.1, 0.15) is 17.0 Å². The lowest BCUT2D eigenvalue weighted by atomic mass is 10.2. The van der Waals surface area contributed by atoms with Gasteiger partial charge in [0, 0.05) is 22.1 Å². The SMILES string of the molecule is Cc1ccc(Cl)cc1NC(=O)CNn1c(C)ccc1C. The third-order valence-corrected chi connectivity index (χ3v) is 3.38. The summed E-state index contributed by atoms with van der Waals surface area (Å²) in [6.45, 7) is 6.10. The minimum atomic E-state index is -0.108. The number of rotatable bonds is 4. The van der Waals surface area contributed by atoms with Crippen LogP contribution in [0.2, 0.25) is 5.02 Å². The quantitative estimate of drug-likeness (QED) is 0.908. The number of carbonyl (C=O) groups excluding carboxylic acids is 1. The first-order valence-electron chi connectivity index (χ1n) is 6.42. The van der Waals surface area contributed by atoms with Gasteiger partial charge >= 0.3 is 0 Å². The molecule has 1 heterocycles. The molecule has 2 rings (SSSR count). The number of amides is 1. The van der Waals surface area contributed by atoms with Gasteiger partial charge in [0.15, 0.2) is 0 Å². The number of hydrogen-bond acceptors (Lipinski definition) is 2. The van der Waals surface area contributed by atoms with E-state index >= 15 is 0 Å². The first-order valence-corrected chi connectivity index (χ1v) is 6.80. The van der Waals surface area contributed by atoms with Crippen molar-refractivity contribution in [2.24, 2.45) is 0 Å². The first-order chi connectivity index (χ1) is 9.47. The van der Waals surface area contributed by atoms with E-state index in [1.807, 2.05) is 43.6 Å². The minimum absolute atomic E-state index is 0.108. The second-order valence-electron chi connectivity index (χ2n) is 4.79. The lowest BCUT2D eigenvalue weighted by Crippen LogP contribution is -2.28. The zero-order valence-corrected chi connectivity index (χ0v) is 12.6. The van der Waals surface area contributed by atoms with Crippen molar-refractivity contribution in [1.29, 1.82) is 0 Å². The summed E-state index contributed by atoms with van der Waals surface area (Å²) < 4.78 is 1.89. The summed E-state index contributed by atoms with van der Waals surface area (Å²) in [5, 5.41) is 3.46. The Bertz CT molecular complexity index is 615. The average molecular weight is 292 g/mol. The van der Waals surface area contributed by atoms with Crippen molar-refractivity contribution in [2.45, 2.75) is 20.8 Å². The fourth-order valence-electron chi connectivity index (χ4n) is 1.99. The Morgan fingerprint density at radius 3 is 2.45 bits per heavy atom. The van der Waals surface area contributed by atoms with E-state index < -0.39 is 0 Å². The molecule has 0 bridgehead atoms. The van der Waals surface area contributed by atoms with Gasteiger partial charge in [-0.15, -0.1) is 0 Å². The first kappa shape index (κ1) is 14.5. The summed E-state index contributed by atoms with van der Waals surface area (Å²) in [7, 11) is 0. The molecule has 0 aliphatic carbocycles. The Balaban J connectivity index is 1.98. The Hall–Kier alpha value is -1.94. The maximum atomic E-state index is 12.0. The Kier molecular flexibility index (Phi) is 4.35. The van der Waals surface area contributed by atoms with E-state index in [1.165, 1.54) is 0 Å². The summed E-state index contributed by atoms with van der Waals surface area (Å²) in [5.74, 6) is -0.108. The molecule has 0 unspecified atom stereocenters. The summed E-state index contributed by atoms with van der Waals surface area (Å²) in [6.07, 6.45) is 0. The van der Waals surface area contributed by atoms with Crippen LogP contribution in [0.5, 0.6) is 0 Å². The van der Waals surface area contributed by atoms with Crippen molar-refractivity contribution in [1.82, 2.24) is 4.68 Å². The van der Waals surface area contributed by atoms with E-state index in [-0.39, 0.29) is 12.5 Å². The zero-order chi connectivity index (χ0) is 14.7. The van der Waals surface area contributed by atoms with Crippen LogP contribution < -0.4 is 10.7 Å². The van der Waals surface area contributed by atoms with Crippen LogP contribution in [-0.4, -0.2) is 17.1 Å². The molecule has 1 aromatic heterocycles. The molecule has 0 saturated heterocycles. The highest BCUT2D eigenvalue weighted by atomic mass is 35.5. The van der Waals surface area contributed by atoms with Gasteiger partial charge in [0.1, 0.15) is 6.54 Å². The molecule has 2 aromatic rings. The maximum Gasteiger partial charge on any atom is 0.245 e. The Morgan fingerprint density at radius 2 is 1.80 bits per heavy atom. The highest BCUT2D eigenvalue weighted by molar-refractivity contribution is 6.31. The number of benzene rings is 1.